The number of nitrogens with one attached hydrogen (secondary N) is 2. The maximum absolute atomic E-state index is 6.15. The van der Waals surface area contributed by atoms with Crippen LogP contribution in [-0.4, -0.2) is 28.5 Å². The molecule has 0 atom stereocenters. The number of ether oxygens (including phenoxy) is 1. The molecule has 0 bridgehead atoms. The summed E-state index contributed by atoms with van der Waals surface area (Å²) < 4.78 is 8.21. The molecule has 24 heavy (non-hydrogen) atoms. The van der Waals surface area contributed by atoms with Gasteiger partial charge in [0.2, 0.25) is 0 Å². The van der Waals surface area contributed by atoms with E-state index in [0.29, 0.717) is 6.61 Å². The summed E-state index contributed by atoms with van der Waals surface area (Å²) in [4.78, 5) is 0. The molecule has 3 aromatic rings. The number of aromatic nitrogens is 2. The number of benzene rings is 2. The van der Waals surface area contributed by atoms with Gasteiger partial charge in [-0.15, -0.1) is 0 Å². The topological polar surface area (TPSA) is 51.1 Å². The van der Waals surface area contributed by atoms with Crippen molar-refractivity contribution in [3.05, 3.63) is 65.9 Å². The standard InChI is InChI=1S/C19H22N4O/c1-19(13-20-21-14-19)24-12-17-16-9-5-6-10-18(16)23(22-17)11-15-7-3-2-4-8-15/h2-10,20-21H,11-14H2,1H3. The molecule has 2 aromatic carbocycles. The zero-order valence-electron chi connectivity index (χ0n) is 13.8. The van der Waals surface area contributed by atoms with E-state index in [2.05, 4.69) is 71.0 Å². The molecule has 0 amide bonds. The van der Waals surface area contributed by atoms with E-state index in [-0.39, 0.29) is 5.60 Å². The first-order valence-electron chi connectivity index (χ1n) is 8.32. The van der Waals surface area contributed by atoms with Gasteiger partial charge in [0.15, 0.2) is 0 Å². The first-order chi connectivity index (χ1) is 11.7. The van der Waals surface area contributed by atoms with E-state index in [1.807, 2.05) is 6.07 Å². The quantitative estimate of drug-likeness (QED) is 0.758. The lowest BCUT2D eigenvalue weighted by Gasteiger charge is -2.21. The molecule has 1 aliphatic rings. The van der Waals surface area contributed by atoms with E-state index in [1.54, 1.807) is 0 Å². The van der Waals surface area contributed by atoms with Gasteiger partial charge in [-0.3, -0.25) is 15.5 Å². The maximum atomic E-state index is 6.15. The number of fused-ring (bicyclic) bond motifs is 1. The number of hydrogen-bond donors (Lipinski definition) is 2. The summed E-state index contributed by atoms with van der Waals surface area (Å²) in [5.74, 6) is 0. The smallest absolute Gasteiger partial charge is 0.0960 e. The molecule has 2 heterocycles. The largest absolute Gasteiger partial charge is 0.366 e. The predicted octanol–water partition coefficient (Wildman–Crippen LogP) is 2.47. The van der Waals surface area contributed by atoms with Crippen LogP contribution >= 0.6 is 0 Å². The highest BCUT2D eigenvalue weighted by Gasteiger charge is 2.29. The molecule has 2 N–H and O–H groups in total. The minimum atomic E-state index is -0.190. The lowest BCUT2D eigenvalue weighted by molar-refractivity contribution is -0.0208. The fourth-order valence-electron chi connectivity index (χ4n) is 3.09. The Hall–Kier alpha value is -2.21. The second-order valence-electron chi connectivity index (χ2n) is 6.55. The van der Waals surface area contributed by atoms with Crippen molar-refractivity contribution in [1.29, 1.82) is 0 Å². The Kier molecular flexibility index (Phi) is 4.06. The van der Waals surface area contributed by atoms with Crippen molar-refractivity contribution in [2.75, 3.05) is 13.1 Å². The Morgan fingerprint density at radius 3 is 2.54 bits per heavy atom. The van der Waals surface area contributed by atoms with E-state index in [9.17, 15) is 0 Å². The highest BCUT2D eigenvalue weighted by molar-refractivity contribution is 5.81. The van der Waals surface area contributed by atoms with Crippen LogP contribution < -0.4 is 10.9 Å². The minimum absolute atomic E-state index is 0.190. The average molecular weight is 322 g/mol. The Labute approximate surface area is 141 Å². The fourth-order valence-corrected chi connectivity index (χ4v) is 3.09. The van der Waals surface area contributed by atoms with Gasteiger partial charge >= 0.3 is 0 Å². The Bertz CT molecular complexity index is 822. The summed E-state index contributed by atoms with van der Waals surface area (Å²) >= 11 is 0. The van der Waals surface area contributed by atoms with Gasteiger partial charge in [-0.05, 0) is 18.6 Å². The summed E-state index contributed by atoms with van der Waals surface area (Å²) in [5.41, 5.74) is 9.44. The molecule has 0 unspecified atom stereocenters. The van der Waals surface area contributed by atoms with Crippen molar-refractivity contribution in [3.8, 4) is 0 Å². The maximum Gasteiger partial charge on any atom is 0.0960 e. The second kappa shape index (κ2) is 6.36. The summed E-state index contributed by atoms with van der Waals surface area (Å²) in [6.07, 6.45) is 0. The second-order valence-corrected chi connectivity index (χ2v) is 6.55. The summed E-state index contributed by atoms with van der Waals surface area (Å²) in [6, 6.07) is 18.8. The zero-order chi connectivity index (χ0) is 16.4. The van der Waals surface area contributed by atoms with Crippen LogP contribution in [0.4, 0.5) is 0 Å². The van der Waals surface area contributed by atoms with Crippen LogP contribution in [0.3, 0.4) is 0 Å². The van der Waals surface area contributed by atoms with Crippen molar-refractivity contribution in [3.63, 3.8) is 0 Å². The molecule has 0 aliphatic carbocycles. The molecule has 0 spiro atoms. The third-order valence-corrected chi connectivity index (χ3v) is 4.52. The molecule has 0 radical (unpaired) electrons. The Balaban J connectivity index is 1.61. The van der Waals surface area contributed by atoms with Crippen molar-refractivity contribution >= 4 is 10.9 Å². The van der Waals surface area contributed by atoms with Crippen LogP contribution in [0.25, 0.3) is 10.9 Å². The summed E-state index contributed by atoms with van der Waals surface area (Å²) in [6.45, 7) is 5.00. The summed E-state index contributed by atoms with van der Waals surface area (Å²) in [5, 5.41) is 5.99. The zero-order valence-corrected chi connectivity index (χ0v) is 13.8. The molecule has 1 aromatic heterocycles. The molecule has 0 saturated carbocycles. The van der Waals surface area contributed by atoms with Gasteiger partial charge in [0.05, 0.1) is 30.0 Å². The van der Waals surface area contributed by atoms with Crippen LogP contribution in [0.5, 0.6) is 0 Å². The van der Waals surface area contributed by atoms with E-state index in [0.717, 1.165) is 36.2 Å². The molecule has 1 fully saturated rings. The van der Waals surface area contributed by atoms with Crippen LogP contribution in [-0.2, 0) is 17.9 Å². The molecule has 5 nitrogen and oxygen atoms in total. The van der Waals surface area contributed by atoms with Crippen LogP contribution in [0.2, 0.25) is 0 Å². The normalized spacial score (nSPS) is 16.7. The van der Waals surface area contributed by atoms with E-state index < -0.39 is 0 Å². The van der Waals surface area contributed by atoms with Gasteiger partial charge in [0.1, 0.15) is 0 Å². The van der Waals surface area contributed by atoms with Gasteiger partial charge in [0.25, 0.3) is 0 Å². The van der Waals surface area contributed by atoms with Crippen LogP contribution in [0, 0.1) is 0 Å². The molecule has 4 rings (SSSR count). The van der Waals surface area contributed by atoms with Crippen molar-refractivity contribution < 1.29 is 4.74 Å². The molecular formula is C19H22N4O. The molecule has 5 heteroatoms. The first-order valence-corrected chi connectivity index (χ1v) is 8.32. The predicted molar refractivity (Wildman–Crippen MR) is 94.5 cm³/mol. The number of nitrogens with zero attached hydrogens (tertiary/aromatic N) is 2. The molecule has 1 saturated heterocycles. The van der Waals surface area contributed by atoms with Crippen LogP contribution in [0.1, 0.15) is 18.2 Å². The molecule has 124 valence electrons. The Morgan fingerprint density at radius 1 is 1.04 bits per heavy atom. The van der Waals surface area contributed by atoms with Crippen LogP contribution in [0.15, 0.2) is 54.6 Å². The number of hydrogen-bond acceptors (Lipinski definition) is 4. The number of hydrazine groups is 1. The van der Waals surface area contributed by atoms with E-state index in [1.165, 1.54) is 5.56 Å². The average Bonchev–Trinajstić information content (AvgIpc) is 3.19. The van der Waals surface area contributed by atoms with Gasteiger partial charge in [0, 0.05) is 18.5 Å². The Morgan fingerprint density at radius 2 is 1.75 bits per heavy atom. The van der Waals surface area contributed by atoms with Gasteiger partial charge in [-0.2, -0.15) is 5.10 Å². The van der Waals surface area contributed by atoms with Crippen molar-refractivity contribution in [2.45, 2.75) is 25.7 Å². The van der Waals surface area contributed by atoms with E-state index in [4.69, 9.17) is 9.84 Å². The highest BCUT2D eigenvalue weighted by Crippen LogP contribution is 2.22. The van der Waals surface area contributed by atoms with Gasteiger partial charge in [-0.1, -0.05) is 48.5 Å². The fraction of sp³-hybridized carbons (Fsp3) is 0.316. The summed E-state index contributed by atoms with van der Waals surface area (Å²) in [7, 11) is 0. The van der Waals surface area contributed by atoms with E-state index >= 15 is 0 Å². The number of para-hydroxylation sites is 1. The van der Waals surface area contributed by atoms with Crippen molar-refractivity contribution in [2.24, 2.45) is 0 Å². The number of rotatable bonds is 5. The molecular weight excluding hydrogens is 300 g/mol. The third kappa shape index (κ3) is 3.06. The first kappa shape index (κ1) is 15.3. The SMILES string of the molecule is CC1(OCc2nn(Cc3ccccc3)c3ccccc23)CNNC1. The van der Waals surface area contributed by atoms with Crippen molar-refractivity contribution in [1.82, 2.24) is 20.6 Å². The third-order valence-electron chi connectivity index (χ3n) is 4.52. The molecule has 1 aliphatic heterocycles. The van der Waals surface area contributed by atoms with Gasteiger partial charge in [-0.25, -0.2) is 0 Å². The highest BCUT2D eigenvalue weighted by atomic mass is 16.5. The monoisotopic (exact) mass is 322 g/mol. The lowest BCUT2D eigenvalue weighted by Crippen LogP contribution is -2.34. The minimum Gasteiger partial charge on any atom is -0.366 e. The lowest BCUT2D eigenvalue weighted by atomic mass is 10.1. The van der Waals surface area contributed by atoms with Gasteiger partial charge < -0.3 is 4.74 Å².